The van der Waals surface area contributed by atoms with Crippen molar-refractivity contribution < 1.29 is 14.6 Å². The number of hydrogen-bond donors (Lipinski definition) is 1. The Morgan fingerprint density at radius 3 is 2.45 bits per heavy atom. The Morgan fingerprint density at radius 2 is 1.73 bits per heavy atom. The summed E-state index contributed by atoms with van der Waals surface area (Å²) in [6, 6.07) is 17.0. The minimum absolute atomic E-state index is 0.280. The molecule has 0 amide bonds. The first-order valence-corrected chi connectivity index (χ1v) is 7.38. The topological polar surface area (TPSA) is 41.9 Å². The van der Waals surface area contributed by atoms with E-state index < -0.39 is 6.10 Å². The van der Waals surface area contributed by atoms with Crippen molar-refractivity contribution in [1.82, 2.24) is 4.90 Å². The molecule has 0 aliphatic rings. The number of aliphatic hydroxyl groups excluding tert-OH is 1. The van der Waals surface area contributed by atoms with Gasteiger partial charge in [-0.1, -0.05) is 30.3 Å². The number of nitrogens with zero attached hydrogens (tertiary/aromatic N) is 1. The molecule has 0 bridgehead atoms. The fraction of sp³-hybridized carbons (Fsp3) is 0.333. The molecule has 22 heavy (non-hydrogen) atoms. The predicted octanol–water partition coefficient (Wildman–Crippen LogP) is 3.09. The second-order valence-corrected chi connectivity index (χ2v) is 5.38. The zero-order chi connectivity index (χ0) is 15.8. The lowest BCUT2D eigenvalue weighted by atomic mass is 10.1. The highest BCUT2D eigenvalue weighted by Gasteiger charge is 2.09. The van der Waals surface area contributed by atoms with Crippen LogP contribution in [0.1, 0.15) is 11.7 Å². The van der Waals surface area contributed by atoms with Crippen molar-refractivity contribution in [3.8, 4) is 11.5 Å². The average molecular weight is 301 g/mol. The molecule has 4 heteroatoms. The Morgan fingerprint density at radius 1 is 1.00 bits per heavy atom. The van der Waals surface area contributed by atoms with Crippen molar-refractivity contribution in [3.05, 3.63) is 60.2 Å². The SMILES string of the molecule is CN(C)CCOCC(O)c1cccc(Oc2ccccc2)c1. The van der Waals surface area contributed by atoms with Crippen LogP contribution in [0.5, 0.6) is 11.5 Å². The molecule has 118 valence electrons. The van der Waals surface area contributed by atoms with Crippen LogP contribution < -0.4 is 4.74 Å². The number of benzene rings is 2. The summed E-state index contributed by atoms with van der Waals surface area (Å²) in [5, 5.41) is 10.2. The van der Waals surface area contributed by atoms with Crippen LogP contribution in [0.15, 0.2) is 54.6 Å². The van der Waals surface area contributed by atoms with Crippen molar-refractivity contribution >= 4 is 0 Å². The molecular formula is C18H23NO3. The summed E-state index contributed by atoms with van der Waals surface area (Å²) < 4.78 is 11.3. The van der Waals surface area contributed by atoms with E-state index in [1.165, 1.54) is 0 Å². The van der Waals surface area contributed by atoms with E-state index in [1.807, 2.05) is 73.6 Å². The predicted molar refractivity (Wildman–Crippen MR) is 87.3 cm³/mol. The van der Waals surface area contributed by atoms with E-state index in [0.29, 0.717) is 12.4 Å². The van der Waals surface area contributed by atoms with Gasteiger partial charge < -0.3 is 19.5 Å². The van der Waals surface area contributed by atoms with Crippen molar-refractivity contribution in [2.75, 3.05) is 33.9 Å². The van der Waals surface area contributed by atoms with Crippen molar-refractivity contribution in [2.24, 2.45) is 0 Å². The van der Waals surface area contributed by atoms with Crippen LogP contribution in [-0.4, -0.2) is 43.9 Å². The minimum atomic E-state index is -0.651. The van der Waals surface area contributed by atoms with Gasteiger partial charge in [0.1, 0.15) is 17.6 Å². The molecule has 2 aromatic carbocycles. The monoisotopic (exact) mass is 301 g/mol. The lowest BCUT2D eigenvalue weighted by molar-refractivity contribution is 0.0306. The van der Waals surface area contributed by atoms with E-state index in [1.54, 1.807) is 0 Å². The quantitative estimate of drug-likeness (QED) is 0.761. The third-order valence-corrected chi connectivity index (χ3v) is 3.18. The maximum absolute atomic E-state index is 10.2. The van der Waals surface area contributed by atoms with Gasteiger partial charge >= 0.3 is 0 Å². The van der Waals surface area contributed by atoms with Crippen LogP contribution in [0.4, 0.5) is 0 Å². The molecule has 0 saturated carbocycles. The van der Waals surface area contributed by atoms with Gasteiger partial charge in [-0.25, -0.2) is 0 Å². The second kappa shape index (κ2) is 8.54. The Hall–Kier alpha value is -1.88. The molecule has 0 aliphatic heterocycles. The fourth-order valence-corrected chi connectivity index (χ4v) is 1.95. The smallest absolute Gasteiger partial charge is 0.127 e. The summed E-state index contributed by atoms with van der Waals surface area (Å²) in [6.45, 7) is 1.72. The van der Waals surface area contributed by atoms with Gasteiger partial charge in [-0.2, -0.15) is 0 Å². The molecule has 1 unspecified atom stereocenters. The molecule has 0 heterocycles. The summed E-state index contributed by atoms with van der Waals surface area (Å²) in [7, 11) is 3.98. The molecule has 0 aliphatic carbocycles. The van der Waals surface area contributed by atoms with Gasteiger partial charge in [0, 0.05) is 6.54 Å². The Labute approximate surface area is 131 Å². The largest absolute Gasteiger partial charge is 0.457 e. The van der Waals surface area contributed by atoms with E-state index in [0.717, 1.165) is 17.9 Å². The van der Waals surface area contributed by atoms with E-state index in [2.05, 4.69) is 0 Å². The first-order valence-electron chi connectivity index (χ1n) is 7.38. The number of aliphatic hydroxyl groups is 1. The standard InChI is InChI=1S/C18H23NO3/c1-19(2)11-12-21-14-18(20)15-7-6-10-17(13-15)22-16-8-4-3-5-9-16/h3-10,13,18,20H,11-12,14H2,1-2H3. The van der Waals surface area contributed by atoms with Crippen LogP contribution in [-0.2, 0) is 4.74 Å². The van der Waals surface area contributed by atoms with E-state index >= 15 is 0 Å². The average Bonchev–Trinajstić information content (AvgIpc) is 2.52. The molecule has 1 N–H and O–H groups in total. The van der Waals surface area contributed by atoms with E-state index in [-0.39, 0.29) is 6.61 Å². The summed E-state index contributed by atoms with van der Waals surface area (Å²) in [5.74, 6) is 1.48. The van der Waals surface area contributed by atoms with Gasteiger partial charge in [-0.3, -0.25) is 0 Å². The molecule has 0 saturated heterocycles. The van der Waals surface area contributed by atoms with Crippen molar-refractivity contribution in [3.63, 3.8) is 0 Å². The highest BCUT2D eigenvalue weighted by molar-refractivity contribution is 5.34. The molecule has 2 rings (SSSR count). The van der Waals surface area contributed by atoms with Gasteiger partial charge in [0.15, 0.2) is 0 Å². The van der Waals surface area contributed by atoms with Crippen molar-refractivity contribution in [1.29, 1.82) is 0 Å². The van der Waals surface area contributed by atoms with Gasteiger partial charge in [-0.15, -0.1) is 0 Å². The Balaban J connectivity index is 1.90. The number of likely N-dealkylation sites (N-methyl/N-ethyl adjacent to an activating group) is 1. The lowest BCUT2D eigenvalue weighted by Gasteiger charge is -2.14. The summed E-state index contributed by atoms with van der Waals surface area (Å²) in [5.41, 5.74) is 0.790. The normalized spacial score (nSPS) is 12.4. The zero-order valence-corrected chi connectivity index (χ0v) is 13.1. The molecule has 2 aromatic rings. The summed E-state index contributed by atoms with van der Waals surface area (Å²) >= 11 is 0. The number of para-hydroxylation sites is 1. The van der Waals surface area contributed by atoms with Crippen LogP contribution >= 0.6 is 0 Å². The highest BCUT2D eigenvalue weighted by Crippen LogP contribution is 2.24. The van der Waals surface area contributed by atoms with Crippen molar-refractivity contribution in [2.45, 2.75) is 6.10 Å². The van der Waals surface area contributed by atoms with Gasteiger partial charge in [0.2, 0.25) is 0 Å². The van der Waals surface area contributed by atoms with Crippen LogP contribution in [0.2, 0.25) is 0 Å². The van der Waals surface area contributed by atoms with E-state index in [4.69, 9.17) is 9.47 Å². The molecule has 0 radical (unpaired) electrons. The summed E-state index contributed by atoms with van der Waals surface area (Å²) in [4.78, 5) is 2.04. The molecule has 0 aromatic heterocycles. The third kappa shape index (κ3) is 5.48. The Bertz CT molecular complexity index is 557. The Kier molecular flexibility index (Phi) is 6.40. The molecule has 0 spiro atoms. The number of rotatable bonds is 8. The zero-order valence-electron chi connectivity index (χ0n) is 13.1. The maximum atomic E-state index is 10.2. The minimum Gasteiger partial charge on any atom is -0.457 e. The van der Waals surface area contributed by atoms with Crippen LogP contribution in [0, 0.1) is 0 Å². The first-order chi connectivity index (χ1) is 10.6. The second-order valence-electron chi connectivity index (χ2n) is 5.38. The fourth-order valence-electron chi connectivity index (χ4n) is 1.95. The lowest BCUT2D eigenvalue weighted by Crippen LogP contribution is -2.19. The number of hydrogen-bond acceptors (Lipinski definition) is 4. The van der Waals surface area contributed by atoms with Gasteiger partial charge in [0.25, 0.3) is 0 Å². The van der Waals surface area contributed by atoms with Crippen LogP contribution in [0.3, 0.4) is 0 Å². The maximum Gasteiger partial charge on any atom is 0.127 e. The molecule has 1 atom stereocenters. The van der Waals surface area contributed by atoms with Crippen LogP contribution in [0.25, 0.3) is 0 Å². The van der Waals surface area contributed by atoms with Gasteiger partial charge in [0.05, 0.1) is 13.2 Å². The third-order valence-electron chi connectivity index (χ3n) is 3.18. The first kappa shape index (κ1) is 16.5. The summed E-state index contributed by atoms with van der Waals surface area (Å²) in [6.07, 6.45) is -0.651. The molecule has 4 nitrogen and oxygen atoms in total. The molecular weight excluding hydrogens is 278 g/mol. The number of ether oxygens (including phenoxy) is 2. The molecule has 0 fully saturated rings. The van der Waals surface area contributed by atoms with Gasteiger partial charge in [-0.05, 0) is 43.9 Å². The van der Waals surface area contributed by atoms with E-state index in [9.17, 15) is 5.11 Å². The highest BCUT2D eigenvalue weighted by atomic mass is 16.5.